The van der Waals surface area contributed by atoms with Gasteiger partial charge in [-0.15, -0.1) is 0 Å². The number of benzene rings is 1. The Morgan fingerprint density at radius 3 is 2.47 bits per heavy atom. The maximum Gasteiger partial charge on any atom is 0.357 e. The first-order valence-electron chi connectivity index (χ1n) is 5.03. The zero-order valence-corrected chi connectivity index (χ0v) is 10.2. The zero-order chi connectivity index (χ0) is 12.6. The molecular weight excluding hydrogens is 240 g/mol. The maximum atomic E-state index is 11.1. The van der Waals surface area contributed by atoms with Crippen molar-refractivity contribution in [3.63, 3.8) is 0 Å². The van der Waals surface area contributed by atoms with Crippen molar-refractivity contribution in [1.29, 1.82) is 0 Å². The summed E-state index contributed by atoms with van der Waals surface area (Å²) in [6.45, 7) is 1.84. The van der Waals surface area contributed by atoms with E-state index in [1.165, 1.54) is 0 Å². The number of hydrogen-bond acceptors (Lipinski definition) is 2. The van der Waals surface area contributed by atoms with Crippen LogP contribution in [0.25, 0.3) is 11.1 Å². The van der Waals surface area contributed by atoms with Gasteiger partial charge in [0, 0.05) is 23.3 Å². The number of aromatic nitrogens is 2. The van der Waals surface area contributed by atoms with Gasteiger partial charge in [0.25, 0.3) is 0 Å². The Morgan fingerprint density at radius 1 is 1.35 bits per heavy atom. The molecule has 0 saturated carbocycles. The van der Waals surface area contributed by atoms with E-state index < -0.39 is 5.97 Å². The molecule has 0 radical (unpaired) electrons. The summed E-state index contributed by atoms with van der Waals surface area (Å²) >= 11 is 5.81. The normalized spacial score (nSPS) is 10.5. The van der Waals surface area contributed by atoms with Crippen molar-refractivity contribution in [2.75, 3.05) is 0 Å². The number of aryl methyl sites for hydroxylation is 1. The van der Waals surface area contributed by atoms with Gasteiger partial charge in [0.15, 0.2) is 5.69 Å². The molecule has 1 heterocycles. The second-order valence-electron chi connectivity index (χ2n) is 3.74. The molecule has 2 rings (SSSR count). The number of carboxylic acid groups (broad SMARTS) is 1. The van der Waals surface area contributed by atoms with E-state index in [1.54, 1.807) is 36.0 Å². The highest BCUT2D eigenvalue weighted by molar-refractivity contribution is 6.30. The van der Waals surface area contributed by atoms with Crippen LogP contribution in [-0.2, 0) is 7.05 Å². The van der Waals surface area contributed by atoms with E-state index in [2.05, 4.69) is 5.10 Å². The van der Waals surface area contributed by atoms with Crippen LogP contribution in [0.3, 0.4) is 0 Å². The molecule has 0 amide bonds. The summed E-state index contributed by atoms with van der Waals surface area (Å²) in [6.07, 6.45) is 0. The molecule has 0 aliphatic heterocycles. The number of hydrogen-bond donors (Lipinski definition) is 1. The smallest absolute Gasteiger partial charge is 0.357 e. The summed E-state index contributed by atoms with van der Waals surface area (Å²) in [6, 6.07) is 7.04. The number of rotatable bonds is 2. The van der Waals surface area contributed by atoms with Gasteiger partial charge in [0.2, 0.25) is 0 Å². The van der Waals surface area contributed by atoms with Gasteiger partial charge in [-0.1, -0.05) is 23.7 Å². The average molecular weight is 251 g/mol. The van der Waals surface area contributed by atoms with Crippen LogP contribution in [0.1, 0.15) is 16.2 Å². The quantitative estimate of drug-likeness (QED) is 0.892. The Labute approximate surface area is 103 Å². The van der Waals surface area contributed by atoms with Crippen molar-refractivity contribution in [3.05, 3.63) is 40.7 Å². The van der Waals surface area contributed by atoms with Gasteiger partial charge in [0.1, 0.15) is 0 Å². The first-order valence-corrected chi connectivity index (χ1v) is 5.41. The lowest BCUT2D eigenvalue weighted by Crippen LogP contribution is -2.00. The first kappa shape index (κ1) is 11.7. The molecule has 1 N–H and O–H groups in total. The van der Waals surface area contributed by atoms with Crippen LogP contribution in [0.2, 0.25) is 5.02 Å². The fourth-order valence-corrected chi connectivity index (χ4v) is 1.85. The van der Waals surface area contributed by atoms with Crippen LogP contribution in [0.4, 0.5) is 0 Å². The Bertz CT molecular complexity index is 573. The van der Waals surface area contributed by atoms with Gasteiger partial charge in [-0.2, -0.15) is 5.10 Å². The summed E-state index contributed by atoms with van der Waals surface area (Å²) in [7, 11) is 1.72. The van der Waals surface area contributed by atoms with Gasteiger partial charge < -0.3 is 5.11 Å². The lowest BCUT2D eigenvalue weighted by molar-refractivity contribution is 0.0690. The van der Waals surface area contributed by atoms with Gasteiger partial charge in [0.05, 0.1) is 0 Å². The van der Waals surface area contributed by atoms with E-state index in [4.69, 9.17) is 16.7 Å². The summed E-state index contributed by atoms with van der Waals surface area (Å²) in [5.41, 5.74) is 2.31. The minimum Gasteiger partial charge on any atom is -0.476 e. The first-order chi connectivity index (χ1) is 8.00. The topological polar surface area (TPSA) is 55.1 Å². The van der Waals surface area contributed by atoms with Crippen molar-refractivity contribution in [2.24, 2.45) is 7.05 Å². The molecule has 17 heavy (non-hydrogen) atoms. The summed E-state index contributed by atoms with van der Waals surface area (Å²) in [5.74, 6) is -1.03. The van der Waals surface area contributed by atoms with Crippen molar-refractivity contribution in [2.45, 2.75) is 6.92 Å². The molecule has 4 nitrogen and oxygen atoms in total. The molecular formula is C12H11ClN2O2. The predicted molar refractivity (Wildman–Crippen MR) is 65.4 cm³/mol. The fraction of sp³-hybridized carbons (Fsp3) is 0.167. The van der Waals surface area contributed by atoms with E-state index in [0.717, 1.165) is 11.3 Å². The number of carbonyl (C=O) groups is 1. The largest absolute Gasteiger partial charge is 0.476 e. The molecule has 0 aliphatic rings. The molecule has 0 saturated heterocycles. The van der Waals surface area contributed by atoms with Crippen molar-refractivity contribution in [3.8, 4) is 11.1 Å². The van der Waals surface area contributed by atoms with Crippen molar-refractivity contribution >= 4 is 17.6 Å². The van der Waals surface area contributed by atoms with Crippen molar-refractivity contribution in [1.82, 2.24) is 9.78 Å². The van der Waals surface area contributed by atoms with E-state index >= 15 is 0 Å². The molecule has 0 unspecified atom stereocenters. The third kappa shape index (κ3) is 2.03. The van der Waals surface area contributed by atoms with Gasteiger partial charge in [-0.25, -0.2) is 4.79 Å². The van der Waals surface area contributed by atoms with Crippen LogP contribution >= 0.6 is 11.6 Å². The number of nitrogens with zero attached hydrogens (tertiary/aromatic N) is 2. The molecule has 0 spiro atoms. The zero-order valence-electron chi connectivity index (χ0n) is 9.44. The molecule has 1 aromatic carbocycles. The third-order valence-corrected chi connectivity index (χ3v) is 2.92. The molecule has 0 atom stereocenters. The van der Waals surface area contributed by atoms with Crippen LogP contribution in [0, 0.1) is 6.92 Å². The van der Waals surface area contributed by atoms with Gasteiger partial charge >= 0.3 is 5.97 Å². The van der Waals surface area contributed by atoms with E-state index in [-0.39, 0.29) is 5.69 Å². The molecule has 0 aliphatic carbocycles. The molecule has 1 aromatic heterocycles. The lowest BCUT2D eigenvalue weighted by atomic mass is 10.0. The van der Waals surface area contributed by atoms with Crippen LogP contribution in [0.5, 0.6) is 0 Å². The highest BCUT2D eigenvalue weighted by Crippen LogP contribution is 2.28. The molecule has 0 fully saturated rings. The van der Waals surface area contributed by atoms with Crippen LogP contribution < -0.4 is 0 Å². The molecule has 0 bridgehead atoms. The van der Waals surface area contributed by atoms with Gasteiger partial charge in [-0.05, 0) is 24.6 Å². The second kappa shape index (κ2) is 4.22. The lowest BCUT2D eigenvalue weighted by Gasteiger charge is -2.02. The van der Waals surface area contributed by atoms with E-state index in [9.17, 15) is 4.79 Å². The minimum absolute atomic E-state index is 0.0623. The van der Waals surface area contributed by atoms with Crippen LogP contribution in [0.15, 0.2) is 24.3 Å². The minimum atomic E-state index is -1.03. The van der Waals surface area contributed by atoms with E-state index in [1.807, 2.05) is 6.92 Å². The second-order valence-corrected chi connectivity index (χ2v) is 4.18. The Kier molecular flexibility index (Phi) is 2.90. The summed E-state index contributed by atoms with van der Waals surface area (Å²) in [5, 5.41) is 13.7. The monoisotopic (exact) mass is 250 g/mol. The van der Waals surface area contributed by atoms with Crippen molar-refractivity contribution < 1.29 is 9.90 Å². The molecule has 88 valence electrons. The number of halogens is 1. The highest BCUT2D eigenvalue weighted by atomic mass is 35.5. The highest BCUT2D eigenvalue weighted by Gasteiger charge is 2.19. The van der Waals surface area contributed by atoms with E-state index in [0.29, 0.717) is 10.6 Å². The fourth-order valence-electron chi connectivity index (χ4n) is 1.72. The van der Waals surface area contributed by atoms with Gasteiger partial charge in [-0.3, -0.25) is 4.68 Å². The molecule has 2 aromatic rings. The Hall–Kier alpha value is -1.81. The summed E-state index contributed by atoms with van der Waals surface area (Å²) in [4.78, 5) is 11.1. The Balaban J connectivity index is 2.65. The molecule has 5 heteroatoms. The number of aromatic carboxylic acids is 1. The average Bonchev–Trinajstić information content (AvgIpc) is 2.57. The maximum absolute atomic E-state index is 11.1. The third-order valence-electron chi connectivity index (χ3n) is 2.67. The number of carboxylic acids is 1. The standard InChI is InChI=1S/C12H11ClN2O2/c1-7-10(8-3-5-9(13)6-4-8)11(12(16)17)14-15(7)2/h3-6H,1-2H3,(H,16,17). The summed E-state index contributed by atoms with van der Waals surface area (Å²) < 4.78 is 1.56. The van der Waals surface area contributed by atoms with Crippen LogP contribution in [-0.4, -0.2) is 20.9 Å². The Morgan fingerprint density at radius 2 is 1.94 bits per heavy atom. The predicted octanol–water partition coefficient (Wildman–Crippen LogP) is 2.75. The SMILES string of the molecule is Cc1c(-c2ccc(Cl)cc2)c(C(=O)O)nn1C.